The zero-order chi connectivity index (χ0) is 29.9. The third kappa shape index (κ3) is 8.82. The van der Waals surface area contributed by atoms with E-state index in [-0.39, 0.29) is 17.0 Å². The Labute approximate surface area is 228 Å². The van der Waals surface area contributed by atoms with Gasteiger partial charge < -0.3 is 5.32 Å². The van der Waals surface area contributed by atoms with Crippen LogP contribution in [0.1, 0.15) is 23.6 Å². The molecule has 0 fully saturated rings. The molecule has 0 aliphatic heterocycles. The van der Waals surface area contributed by atoms with E-state index in [1.807, 2.05) is 0 Å². The standard InChI is InChI=1S/C23H22ClF6N5O4S/c1-40(38,39)33-18(15-3-2-4-16(11-15)23(28,29)30)12-31-19(36)13-35-21(37)34(10-9-22(25,26)27)20(32-35)14-5-7-17(24)8-6-14/h2-8,11,18,33H,9-10,12-13H2,1H3,(H,31,36). The zero-order valence-electron chi connectivity index (χ0n) is 20.6. The van der Waals surface area contributed by atoms with Crippen LogP contribution in [0.2, 0.25) is 5.02 Å². The Kier molecular flexibility index (Phi) is 9.36. The maximum atomic E-state index is 13.1. The molecular weight excluding hydrogens is 592 g/mol. The van der Waals surface area contributed by atoms with Crippen molar-refractivity contribution < 1.29 is 39.6 Å². The summed E-state index contributed by atoms with van der Waals surface area (Å²) in [5, 5.41) is 6.63. The van der Waals surface area contributed by atoms with Gasteiger partial charge in [0, 0.05) is 23.7 Å². The lowest BCUT2D eigenvalue weighted by Crippen LogP contribution is -2.40. The van der Waals surface area contributed by atoms with Crippen molar-refractivity contribution in [2.45, 2.75) is 37.9 Å². The minimum Gasteiger partial charge on any atom is -0.353 e. The normalized spacial score (nSPS) is 13.3. The summed E-state index contributed by atoms with van der Waals surface area (Å²) < 4.78 is 105. The molecule has 0 aliphatic rings. The Morgan fingerprint density at radius 2 is 1.73 bits per heavy atom. The third-order valence-corrected chi connectivity index (χ3v) is 6.38. The van der Waals surface area contributed by atoms with Crippen molar-refractivity contribution in [3.8, 4) is 11.4 Å². The summed E-state index contributed by atoms with van der Waals surface area (Å²) >= 11 is 5.85. The highest BCUT2D eigenvalue weighted by molar-refractivity contribution is 7.88. The van der Waals surface area contributed by atoms with Gasteiger partial charge in [-0.15, -0.1) is 5.10 Å². The molecule has 0 saturated heterocycles. The van der Waals surface area contributed by atoms with Crippen LogP contribution in [0.25, 0.3) is 11.4 Å². The van der Waals surface area contributed by atoms with Gasteiger partial charge >= 0.3 is 18.0 Å². The van der Waals surface area contributed by atoms with Gasteiger partial charge in [-0.25, -0.2) is 22.6 Å². The van der Waals surface area contributed by atoms with Crippen LogP contribution in [-0.4, -0.2) is 47.6 Å². The molecule has 3 rings (SSSR count). The van der Waals surface area contributed by atoms with Crippen LogP contribution >= 0.6 is 11.6 Å². The van der Waals surface area contributed by atoms with Crippen LogP contribution in [0.3, 0.4) is 0 Å². The van der Waals surface area contributed by atoms with E-state index >= 15 is 0 Å². The van der Waals surface area contributed by atoms with Gasteiger partial charge in [-0.3, -0.25) is 9.36 Å². The lowest BCUT2D eigenvalue weighted by Gasteiger charge is -2.20. The Hall–Kier alpha value is -3.37. The lowest BCUT2D eigenvalue weighted by atomic mass is 10.0. The molecule has 1 amide bonds. The molecule has 1 atom stereocenters. The number of rotatable bonds is 10. The maximum absolute atomic E-state index is 13.1. The van der Waals surface area contributed by atoms with E-state index in [9.17, 15) is 44.3 Å². The summed E-state index contributed by atoms with van der Waals surface area (Å²) in [5.74, 6) is -1.06. The monoisotopic (exact) mass is 613 g/mol. The van der Waals surface area contributed by atoms with Crippen molar-refractivity contribution in [1.29, 1.82) is 0 Å². The van der Waals surface area contributed by atoms with E-state index in [4.69, 9.17) is 11.6 Å². The van der Waals surface area contributed by atoms with Gasteiger partial charge in [-0.05, 0) is 42.0 Å². The highest BCUT2D eigenvalue weighted by atomic mass is 35.5. The molecule has 1 aromatic heterocycles. The Morgan fingerprint density at radius 1 is 1.07 bits per heavy atom. The molecule has 17 heteroatoms. The van der Waals surface area contributed by atoms with Crippen LogP contribution < -0.4 is 15.7 Å². The SMILES string of the molecule is CS(=O)(=O)NC(CNC(=O)Cn1nc(-c2ccc(Cl)cc2)n(CCC(F)(F)F)c1=O)c1cccc(C(F)(F)F)c1. The molecule has 0 radical (unpaired) electrons. The van der Waals surface area contributed by atoms with Crippen molar-refractivity contribution >= 4 is 27.5 Å². The number of halogens is 7. The molecule has 9 nitrogen and oxygen atoms in total. The topological polar surface area (TPSA) is 115 Å². The highest BCUT2D eigenvalue weighted by Crippen LogP contribution is 2.31. The molecule has 0 aliphatic carbocycles. The van der Waals surface area contributed by atoms with Crippen LogP contribution in [-0.2, 0) is 34.1 Å². The van der Waals surface area contributed by atoms with Crippen LogP contribution in [0.15, 0.2) is 53.3 Å². The minimum absolute atomic E-state index is 0.0980. The summed E-state index contributed by atoms with van der Waals surface area (Å²) in [6.45, 7) is -2.06. The Balaban J connectivity index is 1.84. The van der Waals surface area contributed by atoms with Crippen LogP contribution in [0.4, 0.5) is 26.3 Å². The fraction of sp³-hybridized carbons (Fsp3) is 0.348. The maximum Gasteiger partial charge on any atom is 0.416 e. The zero-order valence-corrected chi connectivity index (χ0v) is 22.1. The molecule has 40 heavy (non-hydrogen) atoms. The predicted octanol–water partition coefficient (Wildman–Crippen LogP) is 3.74. The predicted molar refractivity (Wildman–Crippen MR) is 133 cm³/mol. The van der Waals surface area contributed by atoms with Crippen molar-refractivity contribution in [2.75, 3.05) is 12.8 Å². The first-order chi connectivity index (χ1) is 18.4. The molecule has 2 N–H and O–H groups in total. The third-order valence-electron chi connectivity index (χ3n) is 5.41. The summed E-state index contributed by atoms with van der Waals surface area (Å²) in [5.41, 5.74) is -1.90. The van der Waals surface area contributed by atoms with Gasteiger partial charge in [-0.1, -0.05) is 23.7 Å². The fourth-order valence-electron chi connectivity index (χ4n) is 3.62. The number of amides is 1. The molecule has 1 unspecified atom stereocenters. The van der Waals surface area contributed by atoms with Gasteiger partial charge in [0.05, 0.1) is 24.3 Å². The average molecular weight is 614 g/mol. The second-order valence-corrected chi connectivity index (χ2v) is 10.9. The summed E-state index contributed by atoms with van der Waals surface area (Å²) in [6, 6.07) is 8.22. The van der Waals surface area contributed by atoms with Crippen molar-refractivity contribution in [1.82, 2.24) is 24.4 Å². The first kappa shape index (κ1) is 31.2. The Morgan fingerprint density at radius 3 is 2.30 bits per heavy atom. The van der Waals surface area contributed by atoms with Crippen molar-refractivity contribution in [3.05, 3.63) is 75.2 Å². The van der Waals surface area contributed by atoms with Gasteiger partial charge in [0.1, 0.15) is 6.54 Å². The molecule has 3 aromatic rings. The summed E-state index contributed by atoms with van der Waals surface area (Å²) in [7, 11) is -3.94. The van der Waals surface area contributed by atoms with Gasteiger partial charge in [0.2, 0.25) is 15.9 Å². The number of carbonyl (C=O) groups is 1. The van der Waals surface area contributed by atoms with Crippen molar-refractivity contribution in [2.24, 2.45) is 0 Å². The molecule has 0 saturated carbocycles. The first-order valence-corrected chi connectivity index (χ1v) is 13.6. The first-order valence-electron chi connectivity index (χ1n) is 11.3. The second-order valence-electron chi connectivity index (χ2n) is 8.66. The van der Waals surface area contributed by atoms with E-state index in [2.05, 4.69) is 15.1 Å². The van der Waals surface area contributed by atoms with E-state index in [0.717, 1.165) is 29.0 Å². The molecule has 1 heterocycles. The van der Waals surface area contributed by atoms with Crippen LogP contribution in [0, 0.1) is 0 Å². The van der Waals surface area contributed by atoms with Gasteiger partial charge in [-0.2, -0.15) is 26.3 Å². The number of alkyl halides is 6. The largest absolute Gasteiger partial charge is 0.416 e. The van der Waals surface area contributed by atoms with Crippen LogP contribution in [0.5, 0.6) is 0 Å². The van der Waals surface area contributed by atoms with E-state index in [1.54, 1.807) is 0 Å². The molecule has 0 spiro atoms. The lowest BCUT2D eigenvalue weighted by molar-refractivity contribution is -0.138. The molecular formula is C23H22ClF6N5O4S. The number of hydrogen-bond acceptors (Lipinski definition) is 5. The number of sulfonamides is 1. The van der Waals surface area contributed by atoms with Crippen molar-refractivity contribution in [3.63, 3.8) is 0 Å². The fourth-order valence-corrected chi connectivity index (χ4v) is 4.48. The number of nitrogens with one attached hydrogen (secondary N) is 2. The summed E-state index contributed by atoms with van der Waals surface area (Å²) in [4.78, 5) is 25.5. The minimum atomic E-state index is -4.71. The van der Waals surface area contributed by atoms with E-state index in [0.29, 0.717) is 9.70 Å². The number of hydrogen-bond donors (Lipinski definition) is 2. The Bertz CT molecular complexity index is 1520. The number of carbonyl (C=O) groups excluding carboxylic acids is 1. The number of benzene rings is 2. The molecule has 218 valence electrons. The number of nitrogens with zero attached hydrogens (tertiary/aromatic N) is 3. The molecule has 0 bridgehead atoms. The molecule has 2 aromatic carbocycles. The number of aromatic nitrogens is 3. The van der Waals surface area contributed by atoms with E-state index in [1.165, 1.54) is 30.3 Å². The van der Waals surface area contributed by atoms with Gasteiger partial charge in [0.15, 0.2) is 5.82 Å². The average Bonchev–Trinajstić information content (AvgIpc) is 3.14. The van der Waals surface area contributed by atoms with Gasteiger partial charge in [0.25, 0.3) is 0 Å². The quantitative estimate of drug-likeness (QED) is 0.338. The smallest absolute Gasteiger partial charge is 0.353 e. The second kappa shape index (κ2) is 12.0. The van der Waals surface area contributed by atoms with E-state index < -0.39 is 71.6 Å². The summed E-state index contributed by atoms with van der Waals surface area (Å²) in [6.07, 6.45) is -9.86. The highest BCUT2D eigenvalue weighted by Gasteiger charge is 2.32.